The summed E-state index contributed by atoms with van der Waals surface area (Å²) >= 11 is 0. The molecule has 7 nitrogen and oxygen atoms in total. The van der Waals surface area contributed by atoms with Crippen LogP contribution in [-0.4, -0.2) is 47.8 Å². The highest BCUT2D eigenvalue weighted by molar-refractivity contribution is 5.76. The van der Waals surface area contributed by atoms with E-state index in [0.29, 0.717) is 24.8 Å². The topological polar surface area (TPSA) is 92.3 Å². The van der Waals surface area contributed by atoms with Crippen LogP contribution in [0.25, 0.3) is 0 Å². The molecule has 0 aliphatic carbocycles. The molecular weight excluding hydrogens is 248 g/mol. The Morgan fingerprint density at radius 2 is 2.26 bits per heavy atom. The number of methoxy groups -OCH3 is 1. The summed E-state index contributed by atoms with van der Waals surface area (Å²) < 4.78 is 12.3. The highest BCUT2D eigenvalue weighted by Crippen LogP contribution is 2.28. The number of nitrogens with two attached hydrogens (primary N) is 1. The SMILES string of the molecule is COCCn1nnc(CC(N)=O)c1C1CCOCC1. The molecule has 0 unspecified atom stereocenters. The van der Waals surface area contributed by atoms with Crippen molar-refractivity contribution in [3.8, 4) is 0 Å². The van der Waals surface area contributed by atoms with Crippen LogP contribution in [-0.2, 0) is 27.2 Å². The van der Waals surface area contributed by atoms with Crippen LogP contribution in [0.1, 0.15) is 30.1 Å². The van der Waals surface area contributed by atoms with Gasteiger partial charge in [-0.05, 0) is 12.8 Å². The van der Waals surface area contributed by atoms with E-state index in [-0.39, 0.29) is 12.3 Å². The molecule has 0 atom stereocenters. The number of carbonyl (C=O) groups is 1. The van der Waals surface area contributed by atoms with Gasteiger partial charge in [0.25, 0.3) is 0 Å². The van der Waals surface area contributed by atoms with Gasteiger partial charge in [0.1, 0.15) is 0 Å². The Morgan fingerprint density at radius 1 is 1.53 bits per heavy atom. The summed E-state index contributed by atoms with van der Waals surface area (Å²) in [5.74, 6) is -0.0537. The van der Waals surface area contributed by atoms with E-state index in [4.69, 9.17) is 15.2 Å². The maximum absolute atomic E-state index is 11.1. The van der Waals surface area contributed by atoms with Crippen molar-refractivity contribution in [2.75, 3.05) is 26.9 Å². The third kappa shape index (κ3) is 3.51. The molecular formula is C12H20N4O3. The minimum Gasteiger partial charge on any atom is -0.383 e. The minimum atomic E-state index is -0.382. The number of hydrogen-bond acceptors (Lipinski definition) is 5. The number of hydrogen-bond donors (Lipinski definition) is 1. The average molecular weight is 268 g/mol. The molecule has 2 N–H and O–H groups in total. The lowest BCUT2D eigenvalue weighted by molar-refractivity contribution is -0.117. The predicted molar refractivity (Wildman–Crippen MR) is 67.6 cm³/mol. The van der Waals surface area contributed by atoms with Crippen molar-refractivity contribution in [1.29, 1.82) is 0 Å². The summed E-state index contributed by atoms with van der Waals surface area (Å²) in [6.07, 6.45) is 1.98. The van der Waals surface area contributed by atoms with Gasteiger partial charge in [-0.1, -0.05) is 5.21 Å². The molecule has 1 aromatic rings. The Hall–Kier alpha value is -1.47. The van der Waals surface area contributed by atoms with Gasteiger partial charge in [-0.2, -0.15) is 0 Å². The Morgan fingerprint density at radius 3 is 2.89 bits per heavy atom. The molecule has 0 spiro atoms. The molecule has 2 rings (SSSR count). The lowest BCUT2D eigenvalue weighted by Crippen LogP contribution is -2.22. The monoisotopic (exact) mass is 268 g/mol. The second-order valence-corrected chi connectivity index (χ2v) is 4.67. The largest absolute Gasteiger partial charge is 0.383 e. The van der Waals surface area contributed by atoms with E-state index in [2.05, 4.69) is 10.3 Å². The number of amides is 1. The first-order chi connectivity index (χ1) is 9.22. The first kappa shape index (κ1) is 14.0. The van der Waals surface area contributed by atoms with E-state index < -0.39 is 0 Å². The van der Waals surface area contributed by atoms with E-state index in [1.54, 1.807) is 7.11 Å². The van der Waals surface area contributed by atoms with E-state index >= 15 is 0 Å². The van der Waals surface area contributed by atoms with Crippen LogP contribution in [0.3, 0.4) is 0 Å². The van der Waals surface area contributed by atoms with Gasteiger partial charge >= 0.3 is 0 Å². The van der Waals surface area contributed by atoms with Crippen LogP contribution in [0.4, 0.5) is 0 Å². The third-order valence-corrected chi connectivity index (χ3v) is 3.30. The number of rotatable bonds is 6. The number of carbonyl (C=O) groups excluding carboxylic acids is 1. The molecule has 1 aliphatic heterocycles. The molecule has 2 heterocycles. The van der Waals surface area contributed by atoms with Crippen LogP contribution in [0, 0.1) is 0 Å². The first-order valence-electron chi connectivity index (χ1n) is 6.49. The standard InChI is InChI=1S/C12H20N4O3/c1-18-7-4-16-12(9-2-5-19-6-3-9)10(14-15-16)8-11(13)17/h9H,2-8H2,1H3,(H2,13,17). The van der Waals surface area contributed by atoms with Crippen LogP contribution in [0.2, 0.25) is 0 Å². The Labute approximate surface area is 112 Å². The molecule has 0 saturated carbocycles. The van der Waals surface area contributed by atoms with Crippen molar-refractivity contribution in [1.82, 2.24) is 15.0 Å². The fourth-order valence-electron chi connectivity index (χ4n) is 2.41. The van der Waals surface area contributed by atoms with Crippen molar-refractivity contribution >= 4 is 5.91 Å². The quantitative estimate of drug-likeness (QED) is 0.774. The molecule has 0 bridgehead atoms. The summed E-state index contributed by atoms with van der Waals surface area (Å²) in [4.78, 5) is 11.1. The Balaban J connectivity index is 2.22. The van der Waals surface area contributed by atoms with Gasteiger partial charge < -0.3 is 15.2 Å². The van der Waals surface area contributed by atoms with Crippen LogP contribution in [0.5, 0.6) is 0 Å². The zero-order chi connectivity index (χ0) is 13.7. The zero-order valence-corrected chi connectivity index (χ0v) is 11.2. The molecule has 0 aromatic carbocycles. The average Bonchev–Trinajstić information content (AvgIpc) is 2.79. The van der Waals surface area contributed by atoms with Gasteiger partial charge in [0.05, 0.1) is 31.0 Å². The number of aromatic nitrogens is 3. The minimum absolute atomic E-state index is 0.139. The van der Waals surface area contributed by atoms with Gasteiger partial charge in [0, 0.05) is 26.2 Å². The van der Waals surface area contributed by atoms with Crippen molar-refractivity contribution in [3.63, 3.8) is 0 Å². The van der Waals surface area contributed by atoms with Gasteiger partial charge in [0.2, 0.25) is 5.91 Å². The second kappa shape index (κ2) is 6.63. The van der Waals surface area contributed by atoms with Crippen molar-refractivity contribution in [3.05, 3.63) is 11.4 Å². The molecule has 106 valence electrons. The van der Waals surface area contributed by atoms with Gasteiger partial charge in [-0.3, -0.25) is 4.79 Å². The molecule has 1 aromatic heterocycles. The molecule has 1 aliphatic rings. The van der Waals surface area contributed by atoms with Crippen molar-refractivity contribution in [2.24, 2.45) is 5.73 Å². The summed E-state index contributed by atoms with van der Waals surface area (Å²) in [5.41, 5.74) is 6.97. The van der Waals surface area contributed by atoms with Crippen LogP contribution < -0.4 is 5.73 Å². The Bertz CT molecular complexity index is 427. The summed E-state index contributed by atoms with van der Waals surface area (Å²) in [7, 11) is 1.65. The normalized spacial score (nSPS) is 16.7. The lowest BCUT2D eigenvalue weighted by Gasteiger charge is -2.23. The summed E-state index contributed by atoms with van der Waals surface area (Å²) in [5, 5.41) is 8.22. The summed E-state index contributed by atoms with van der Waals surface area (Å²) in [6.45, 7) is 2.66. The van der Waals surface area contributed by atoms with E-state index in [0.717, 1.165) is 31.7 Å². The van der Waals surface area contributed by atoms with E-state index in [9.17, 15) is 4.79 Å². The third-order valence-electron chi connectivity index (χ3n) is 3.30. The molecule has 7 heteroatoms. The molecule has 1 fully saturated rings. The van der Waals surface area contributed by atoms with E-state index in [1.165, 1.54) is 0 Å². The fraction of sp³-hybridized carbons (Fsp3) is 0.750. The number of nitrogens with zero attached hydrogens (tertiary/aromatic N) is 3. The van der Waals surface area contributed by atoms with Crippen LogP contribution in [0.15, 0.2) is 0 Å². The first-order valence-corrected chi connectivity index (χ1v) is 6.49. The maximum atomic E-state index is 11.1. The van der Waals surface area contributed by atoms with Gasteiger partial charge in [-0.25, -0.2) is 4.68 Å². The second-order valence-electron chi connectivity index (χ2n) is 4.67. The molecule has 1 saturated heterocycles. The maximum Gasteiger partial charge on any atom is 0.223 e. The smallest absolute Gasteiger partial charge is 0.223 e. The Kier molecular flexibility index (Phi) is 4.86. The number of primary amides is 1. The highest BCUT2D eigenvalue weighted by atomic mass is 16.5. The number of ether oxygens (including phenoxy) is 2. The lowest BCUT2D eigenvalue weighted by atomic mass is 9.94. The van der Waals surface area contributed by atoms with Crippen LogP contribution >= 0.6 is 0 Å². The zero-order valence-electron chi connectivity index (χ0n) is 11.2. The molecule has 19 heavy (non-hydrogen) atoms. The van der Waals surface area contributed by atoms with Crippen molar-refractivity contribution < 1.29 is 14.3 Å². The summed E-state index contributed by atoms with van der Waals surface area (Å²) in [6, 6.07) is 0. The van der Waals surface area contributed by atoms with E-state index in [1.807, 2.05) is 4.68 Å². The van der Waals surface area contributed by atoms with Gasteiger partial charge in [0.15, 0.2) is 0 Å². The fourth-order valence-corrected chi connectivity index (χ4v) is 2.41. The molecule has 0 radical (unpaired) electrons. The molecule has 1 amide bonds. The van der Waals surface area contributed by atoms with Crippen molar-refractivity contribution in [2.45, 2.75) is 31.7 Å². The predicted octanol–water partition coefficient (Wildman–Crippen LogP) is -0.154. The van der Waals surface area contributed by atoms with Gasteiger partial charge in [-0.15, -0.1) is 5.10 Å². The highest BCUT2D eigenvalue weighted by Gasteiger charge is 2.25.